The Morgan fingerprint density at radius 2 is 1.79 bits per heavy atom. The molecule has 3 nitrogen and oxygen atoms in total. The van der Waals surface area contributed by atoms with E-state index in [9.17, 15) is 5.11 Å². The highest BCUT2D eigenvalue weighted by Crippen LogP contribution is 2.30. The molecule has 2 saturated heterocycles. The van der Waals surface area contributed by atoms with Crippen LogP contribution < -0.4 is 5.32 Å². The molecule has 0 bridgehead atoms. The number of aliphatic hydroxyl groups is 1. The Balaban J connectivity index is 1.58. The summed E-state index contributed by atoms with van der Waals surface area (Å²) in [6.07, 6.45) is 2.14. The lowest BCUT2D eigenvalue weighted by atomic mass is 9.89. The number of rotatable bonds is 2. The number of hydrogen-bond donors (Lipinski definition) is 2. The molecular weight excluding hydrogens is 260 g/mol. The maximum absolute atomic E-state index is 9.94. The van der Waals surface area contributed by atoms with E-state index >= 15 is 0 Å². The minimum absolute atomic E-state index is 0.202. The summed E-state index contributed by atoms with van der Waals surface area (Å²) in [6.45, 7) is 3.82. The number of nitrogens with one attached hydrogen (secondary N) is 1. The van der Waals surface area contributed by atoms with Gasteiger partial charge in [0.2, 0.25) is 0 Å². The Hall–Kier alpha value is -0.610. The smallest absolute Gasteiger partial charge is 0.0831 e. The summed E-state index contributed by atoms with van der Waals surface area (Å²) >= 11 is 5.93. The summed E-state index contributed by atoms with van der Waals surface area (Å²) in [5.74, 6) is 0.639. The van der Waals surface area contributed by atoms with Gasteiger partial charge in [-0.1, -0.05) is 23.7 Å². The van der Waals surface area contributed by atoms with Crippen molar-refractivity contribution in [2.75, 3.05) is 26.2 Å². The second kappa shape index (κ2) is 5.80. The molecule has 2 heterocycles. The van der Waals surface area contributed by atoms with E-state index in [1.54, 1.807) is 0 Å². The van der Waals surface area contributed by atoms with Crippen molar-refractivity contribution in [3.8, 4) is 0 Å². The van der Waals surface area contributed by atoms with Crippen LogP contribution >= 0.6 is 11.6 Å². The minimum Gasteiger partial charge on any atom is -0.390 e. The van der Waals surface area contributed by atoms with Gasteiger partial charge in [-0.05, 0) is 49.5 Å². The van der Waals surface area contributed by atoms with Crippen molar-refractivity contribution in [2.45, 2.75) is 30.9 Å². The Morgan fingerprint density at radius 3 is 2.37 bits per heavy atom. The summed E-state index contributed by atoms with van der Waals surface area (Å²) in [4.78, 5) is 2.44. The second-order valence-electron chi connectivity index (χ2n) is 5.65. The van der Waals surface area contributed by atoms with Crippen LogP contribution in [0.3, 0.4) is 0 Å². The minimum atomic E-state index is -0.202. The van der Waals surface area contributed by atoms with Gasteiger partial charge in [0, 0.05) is 24.2 Å². The third-order valence-electron chi connectivity index (χ3n) is 4.49. The quantitative estimate of drug-likeness (QED) is 0.868. The first-order chi connectivity index (χ1) is 9.24. The molecular formula is C15H21ClN2O. The van der Waals surface area contributed by atoms with Crippen molar-refractivity contribution in [2.24, 2.45) is 0 Å². The predicted octanol–water partition coefficient (Wildman–Crippen LogP) is 1.85. The third kappa shape index (κ3) is 2.95. The molecule has 1 aromatic rings. The van der Waals surface area contributed by atoms with Crippen molar-refractivity contribution in [1.82, 2.24) is 10.2 Å². The zero-order chi connectivity index (χ0) is 13.2. The van der Waals surface area contributed by atoms with E-state index in [1.807, 2.05) is 12.1 Å². The van der Waals surface area contributed by atoms with E-state index in [0.29, 0.717) is 12.0 Å². The fourth-order valence-corrected chi connectivity index (χ4v) is 3.45. The largest absolute Gasteiger partial charge is 0.390 e. The Morgan fingerprint density at radius 1 is 1.11 bits per heavy atom. The van der Waals surface area contributed by atoms with E-state index < -0.39 is 0 Å². The van der Waals surface area contributed by atoms with Gasteiger partial charge >= 0.3 is 0 Å². The lowest BCUT2D eigenvalue weighted by Gasteiger charge is -2.37. The number of piperidine rings is 1. The summed E-state index contributed by atoms with van der Waals surface area (Å²) in [5, 5.41) is 14.0. The van der Waals surface area contributed by atoms with Crippen LogP contribution in [0.5, 0.6) is 0 Å². The van der Waals surface area contributed by atoms with Crippen molar-refractivity contribution < 1.29 is 5.11 Å². The molecule has 2 fully saturated rings. The van der Waals surface area contributed by atoms with Crippen molar-refractivity contribution in [3.63, 3.8) is 0 Å². The number of β-amino-alcohol motifs (C(OH)–C–C–N with tert-alkyl or cyclic N) is 1. The van der Waals surface area contributed by atoms with E-state index in [0.717, 1.165) is 31.2 Å². The van der Waals surface area contributed by atoms with Gasteiger partial charge in [-0.2, -0.15) is 0 Å². The molecule has 1 unspecified atom stereocenters. The first-order valence-electron chi connectivity index (χ1n) is 7.12. The SMILES string of the molecule is O[C@@H]1CNCC1N1CCC(c2ccc(Cl)cc2)CC1. The molecule has 0 aliphatic carbocycles. The average molecular weight is 281 g/mol. The van der Waals surface area contributed by atoms with Gasteiger partial charge in [-0.15, -0.1) is 0 Å². The molecule has 3 rings (SSSR count). The van der Waals surface area contributed by atoms with E-state index in [-0.39, 0.29) is 6.10 Å². The van der Waals surface area contributed by atoms with Gasteiger partial charge in [-0.3, -0.25) is 4.90 Å². The van der Waals surface area contributed by atoms with Crippen molar-refractivity contribution in [3.05, 3.63) is 34.9 Å². The monoisotopic (exact) mass is 280 g/mol. The standard InChI is InChI=1S/C15H21ClN2O/c16-13-3-1-11(2-4-13)12-5-7-18(8-6-12)14-9-17-10-15(14)19/h1-4,12,14-15,17,19H,5-10H2/t14?,15-/m1/s1. The normalized spacial score (nSPS) is 29.8. The highest BCUT2D eigenvalue weighted by molar-refractivity contribution is 6.30. The molecule has 0 saturated carbocycles. The van der Waals surface area contributed by atoms with E-state index in [2.05, 4.69) is 22.3 Å². The number of halogens is 1. The van der Waals surface area contributed by atoms with Crippen LogP contribution in [-0.2, 0) is 0 Å². The Labute approximate surface area is 119 Å². The highest BCUT2D eigenvalue weighted by atomic mass is 35.5. The molecule has 2 aliphatic heterocycles. The number of hydrogen-bond acceptors (Lipinski definition) is 3. The maximum Gasteiger partial charge on any atom is 0.0831 e. The molecule has 2 atom stereocenters. The lowest BCUT2D eigenvalue weighted by Crippen LogP contribution is -2.46. The van der Waals surface area contributed by atoms with Crippen LogP contribution in [0.2, 0.25) is 5.02 Å². The summed E-state index contributed by atoms with van der Waals surface area (Å²) in [7, 11) is 0. The van der Waals surface area contributed by atoms with Crippen molar-refractivity contribution >= 4 is 11.6 Å². The summed E-state index contributed by atoms with van der Waals surface area (Å²) < 4.78 is 0. The number of aliphatic hydroxyl groups excluding tert-OH is 1. The predicted molar refractivity (Wildman–Crippen MR) is 77.7 cm³/mol. The van der Waals surface area contributed by atoms with Crippen molar-refractivity contribution in [1.29, 1.82) is 0 Å². The molecule has 0 aromatic heterocycles. The number of nitrogens with zero attached hydrogens (tertiary/aromatic N) is 1. The fourth-order valence-electron chi connectivity index (χ4n) is 3.32. The number of benzene rings is 1. The van der Waals surface area contributed by atoms with Crippen LogP contribution in [0, 0.1) is 0 Å². The van der Waals surface area contributed by atoms with Crippen LogP contribution in [0.1, 0.15) is 24.3 Å². The van der Waals surface area contributed by atoms with Crippen LogP contribution in [0.15, 0.2) is 24.3 Å². The fraction of sp³-hybridized carbons (Fsp3) is 0.600. The summed E-state index contributed by atoms with van der Waals surface area (Å²) in [6, 6.07) is 8.57. The molecule has 0 spiro atoms. The van der Waals surface area contributed by atoms with Crippen LogP contribution in [-0.4, -0.2) is 48.3 Å². The molecule has 19 heavy (non-hydrogen) atoms. The van der Waals surface area contributed by atoms with Gasteiger partial charge in [0.05, 0.1) is 6.10 Å². The zero-order valence-corrected chi connectivity index (χ0v) is 11.8. The second-order valence-corrected chi connectivity index (χ2v) is 6.09. The average Bonchev–Trinajstić information content (AvgIpc) is 2.86. The molecule has 1 aromatic carbocycles. The molecule has 0 amide bonds. The zero-order valence-electron chi connectivity index (χ0n) is 11.1. The third-order valence-corrected chi connectivity index (χ3v) is 4.74. The molecule has 0 radical (unpaired) electrons. The first-order valence-corrected chi connectivity index (χ1v) is 7.50. The number of likely N-dealkylation sites (tertiary alicyclic amines) is 1. The molecule has 4 heteroatoms. The Bertz CT molecular complexity index is 415. The lowest BCUT2D eigenvalue weighted by molar-refractivity contribution is 0.0664. The van der Waals surface area contributed by atoms with Gasteiger partial charge in [0.15, 0.2) is 0 Å². The van der Waals surface area contributed by atoms with Gasteiger partial charge < -0.3 is 10.4 Å². The molecule has 2 N–H and O–H groups in total. The first kappa shape index (κ1) is 13.4. The van der Waals surface area contributed by atoms with Gasteiger partial charge in [0.25, 0.3) is 0 Å². The van der Waals surface area contributed by atoms with Crippen LogP contribution in [0.4, 0.5) is 0 Å². The molecule has 104 valence electrons. The molecule has 2 aliphatic rings. The summed E-state index contributed by atoms with van der Waals surface area (Å²) in [5.41, 5.74) is 1.40. The van der Waals surface area contributed by atoms with Gasteiger partial charge in [-0.25, -0.2) is 0 Å². The topological polar surface area (TPSA) is 35.5 Å². The highest BCUT2D eigenvalue weighted by Gasteiger charge is 2.33. The van der Waals surface area contributed by atoms with E-state index in [4.69, 9.17) is 11.6 Å². The van der Waals surface area contributed by atoms with E-state index in [1.165, 1.54) is 18.4 Å². The van der Waals surface area contributed by atoms with Gasteiger partial charge in [0.1, 0.15) is 0 Å². The Kier molecular flexibility index (Phi) is 4.08. The maximum atomic E-state index is 9.94. The van der Waals surface area contributed by atoms with Crippen LogP contribution in [0.25, 0.3) is 0 Å².